The van der Waals surface area contributed by atoms with Crippen molar-refractivity contribution in [2.24, 2.45) is 0 Å². The summed E-state index contributed by atoms with van der Waals surface area (Å²) in [6, 6.07) is 12.9. The molecule has 0 radical (unpaired) electrons. The first-order chi connectivity index (χ1) is 11.6. The summed E-state index contributed by atoms with van der Waals surface area (Å²) in [6.07, 6.45) is 4.68. The van der Waals surface area contributed by atoms with Crippen molar-refractivity contribution in [3.05, 3.63) is 57.0 Å². The van der Waals surface area contributed by atoms with Crippen LogP contribution in [0.3, 0.4) is 0 Å². The first-order valence-electron chi connectivity index (χ1n) is 8.09. The van der Waals surface area contributed by atoms with Gasteiger partial charge in [0.15, 0.2) is 0 Å². The minimum absolute atomic E-state index is 0.150. The Morgan fingerprint density at radius 1 is 1.08 bits per heavy atom. The molecule has 2 aromatic carbocycles. The smallest absolute Gasteiger partial charge is 0.255 e. The third kappa shape index (κ3) is 5.95. The van der Waals surface area contributed by atoms with E-state index in [0.29, 0.717) is 12.2 Å². The highest BCUT2D eigenvalue weighted by Crippen LogP contribution is 2.27. The summed E-state index contributed by atoms with van der Waals surface area (Å²) >= 11 is 6.88. The van der Waals surface area contributed by atoms with Gasteiger partial charge in [-0.1, -0.05) is 48.2 Å². The Hall–Kier alpha value is -1.33. The predicted octanol–water partition coefficient (Wildman–Crippen LogP) is 6.42. The van der Waals surface area contributed by atoms with Crippen LogP contribution in [-0.4, -0.2) is 12.5 Å². The van der Waals surface area contributed by atoms with Gasteiger partial charge in [-0.2, -0.15) is 0 Å². The molecular weight excluding hydrogens is 434 g/mol. The molecule has 0 aromatic heterocycles. The van der Waals surface area contributed by atoms with Crippen molar-refractivity contribution in [3.63, 3.8) is 0 Å². The second kappa shape index (κ2) is 9.84. The Kier molecular flexibility index (Phi) is 7.79. The second-order valence-electron chi connectivity index (χ2n) is 5.52. The topological polar surface area (TPSA) is 38.3 Å². The number of benzene rings is 2. The molecule has 0 atom stereocenters. The van der Waals surface area contributed by atoms with Gasteiger partial charge in [-0.05, 0) is 58.7 Å². The van der Waals surface area contributed by atoms with E-state index in [1.807, 2.05) is 30.3 Å². The number of carbonyl (C=O) groups is 1. The minimum atomic E-state index is -0.150. The van der Waals surface area contributed by atoms with Gasteiger partial charge in [-0.25, -0.2) is 0 Å². The maximum absolute atomic E-state index is 12.3. The maximum atomic E-state index is 12.3. The number of carbonyl (C=O) groups excluding carboxylic acids is 1. The molecular formula is C19H21Br2NO2. The first-order valence-corrected chi connectivity index (χ1v) is 9.68. The van der Waals surface area contributed by atoms with Crippen molar-refractivity contribution in [2.45, 2.75) is 32.6 Å². The largest absolute Gasteiger partial charge is 0.492 e. The van der Waals surface area contributed by atoms with Crippen LogP contribution >= 0.6 is 31.9 Å². The van der Waals surface area contributed by atoms with Gasteiger partial charge >= 0.3 is 0 Å². The highest BCUT2D eigenvalue weighted by atomic mass is 79.9. The lowest BCUT2D eigenvalue weighted by Gasteiger charge is -2.10. The summed E-state index contributed by atoms with van der Waals surface area (Å²) in [5, 5.41) is 2.88. The van der Waals surface area contributed by atoms with Gasteiger partial charge < -0.3 is 10.1 Å². The van der Waals surface area contributed by atoms with Crippen LogP contribution in [0.15, 0.2) is 51.4 Å². The Labute approximate surface area is 160 Å². The molecule has 0 aliphatic heterocycles. The Morgan fingerprint density at radius 2 is 1.92 bits per heavy atom. The second-order valence-corrected chi connectivity index (χ2v) is 7.29. The average Bonchev–Trinajstić information content (AvgIpc) is 2.56. The predicted molar refractivity (Wildman–Crippen MR) is 106 cm³/mol. The average molecular weight is 455 g/mol. The third-order valence-electron chi connectivity index (χ3n) is 3.53. The van der Waals surface area contributed by atoms with Gasteiger partial charge in [-0.15, -0.1) is 0 Å². The Morgan fingerprint density at radius 3 is 2.62 bits per heavy atom. The summed E-state index contributed by atoms with van der Waals surface area (Å²) in [5.74, 6) is 0.619. The molecule has 0 aliphatic carbocycles. The van der Waals surface area contributed by atoms with Gasteiger partial charge in [0.25, 0.3) is 5.91 Å². The summed E-state index contributed by atoms with van der Waals surface area (Å²) in [4.78, 5) is 12.3. The molecule has 128 valence electrons. The van der Waals surface area contributed by atoms with Crippen molar-refractivity contribution in [2.75, 3.05) is 11.9 Å². The molecule has 2 aromatic rings. The number of hydrogen-bond donors (Lipinski definition) is 1. The zero-order chi connectivity index (χ0) is 17.4. The lowest BCUT2D eigenvalue weighted by atomic mass is 10.2. The highest BCUT2D eigenvalue weighted by Gasteiger charge is 2.10. The van der Waals surface area contributed by atoms with Crippen LogP contribution in [0.25, 0.3) is 0 Å². The SMILES string of the molecule is CCCCCCOc1ccc(C(=O)Nc2cccc(Br)c2)cc1Br. The minimum Gasteiger partial charge on any atom is -0.492 e. The molecule has 0 saturated carbocycles. The number of anilines is 1. The van der Waals surface area contributed by atoms with E-state index in [4.69, 9.17) is 4.74 Å². The first kappa shape index (κ1) is 19.0. The molecule has 0 saturated heterocycles. The molecule has 0 bridgehead atoms. The van der Waals surface area contributed by atoms with Crippen LogP contribution in [0.1, 0.15) is 43.0 Å². The van der Waals surface area contributed by atoms with Crippen molar-refractivity contribution >= 4 is 43.5 Å². The van der Waals surface area contributed by atoms with Crippen molar-refractivity contribution < 1.29 is 9.53 Å². The van der Waals surface area contributed by atoms with E-state index in [2.05, 4.69) is 44.1 Å². The summed E-state index contributed by atoms with van der Waals surface area (Å²) < 4.78 is 7.48. The fourth-order valence-corrected chi connectivity index (χ4v) is 3.13. The van der Waals surface area contributed by atoms with Crippen LogP contribution in [0.5, 0.6) is 5.75 Å². The molecule has 0 unspecified atom stereocenters. The molecule has 0 spiro atoms. The standard InChI is InChI=1S/C19H21Br2NO2/c1-2-3-4-5-11-24-18-10-9-14(12-17(18)21)19(23)22-16-8-6-7-15(20)13-16/h6-10,12-13H,2-5,11H2,1H3,(H,22,23). The normalized spacial score (nSPS) is 10.5. The lowest BCUT2D eigenvalue weighted by Crippen LogP contribution is -2.12. The number of unbranched alkanes of at least 4 members (excludes halogenated alkanes) is 3. The number of halogens is 2. The van der Waals surface area contributed by atoms with Gasteiger partial charge in [0, 0.05) is 15.7 Å². The van der Waals surface area contributed by atoms with Crippen LogP contribution in [0, 0.1) is 0 Å². The number of amides is 1. The van der Waals surface area contributed by atoms with Crippen LogP contribution in [-0.2, 0) is 0 Å². The monoisotopic (exact) mass is 453 g/mol. The van der Waals surface area contributed by atoms with E-state index >= 15 is 0 Å². The fourth-order valence-electron chi connectivity index (χ4n) is 2.24. The van der Waals surface area contributed by atoms with Crippen molar-refractivity contribution in [1.82, 2.24) is 0 Å². The number of nitrogens with one attached hydrogen (secondary N) is 1. The van der Waals surface area contributed by atoms with Gasteiger partial charge in [-0.3, -0.25) is 4.79 Å². The Balaban J connectivity index is 1.94. The fraction of sp³-hybridized carbons (Fsp3) is 0.316. The van der Waals surface area contributed by atoms with Gasteiger partial charge in [0.2, 0.25) is 0 Å². The molecule has 0 heterocycles. The highest BCUT2D eigenvalue weighted by molar-refractivity contribution is 9.10. The molecule has 0 fully saturated rings. The zero-order valence-corrected chi connectivity index (χ0v) is 16.8. The summed E-state index contributed by atoms with van der Waals surface area (Å²) in [5.41, 5.74) is 1.34. The van der Waals surface area contributed by atoms with Gasteiger partial charge in [0.05, 0.1) is 11.1 Å². The lowest BCUT2D eigenvalue weighted by molar-refractivity contribution is 0.102. The van der Waals surface area contributed by atoms with E-state index in [1.165, 1.54) is 19.3 Å². The maximum Gasteiger partial charge on any atom is 0.255 e. The molecule has 1 N–H and O–H groups in total. The summed E-state index contributed by atoms with van der Waals surface area (Å²) in [6.45, 7) is 2.89. The number of hydrogen-bond acceptors (Lipinski definition) is 2. The number of rotatable bonds is 8. The van der Waals surface area contributed by atoms with Crippen molar-refractivity contribution in [1.29, 1.82) is 0 Å². The van der Waals surface area contributed by atoms with E-state index in [0.717, 1.165) is 26.8 Å². The molecule has 2 rings (SSSR count). The van der Waals surface area contributed by atoms with Crippen molar-refractivity contribution in [3.8, 4) is 5.75 Å². The van der Waals surface area contributed by atoms with Crippen LogP contribution < -0.4 is 10.1 Å². The van der Waals surface area contributed by atoms with Crippen LogP contribution in [0.2, 0.25) is 0 Å². The number of ether oxygens (including phenoxy) is 1. The molecule has 0 aliphatic rings. The quantitative estimate of drug-likeness (QED) is 0.467. The van der Waals surface area contributed by atoms with Gasteiger partial charge in [0.1, 0.15) is 5.75 Å². The van der Waals surface area contributed by atoms with E-state index in [-0.39, 0.29) is 5.91 Å². The molecule has 5 heteroatoms. The third-order valence-corrected chi connectivity index (χ3v) is 4.64. The van der Waals surface area contributed by atoms with E-state index in [1.54, 1.807) is 12.1 Å². The zero-order valence-electron chi connectivity index (χ0n) is 13.6. The molecule has 24 heavy (non-hydrogen) atoms. The van der Waals surface area contributed by atoms with E-state index in [9.17, 15) is 4.79 Å². The molecule has 3 nitrogen and oxygen atoms in total. The Bertz CT molecular complexity index is 689. The van der Waals surface area contributed by atoms with E-state index < -0.39 is 0 Å². The summed E-state index contributed by atoms with van der Waals surface area (Å²) in [7, 11) is 0. The van der Waals surface area contributed by atoms with Crippen LogP contribution in [0.4, 0.5) is 5.69 Å². The molecule has 1 amide bonds.